The van der Waals surface area contributed by atoms with Gasteiger partial charge in [0.05, 0.1) is 0 Å². The SMILES string of the molecule is CC(C)CCNCCN(C)CC1(N(C)C)CCC1. The summed E-state index contributed by atoms with van der Waals surface area (Å²) in [6.07, 6.45) is 5.42. The Kier molecular flexibility index (Phi) is 6.61. The summed E-state index contributed by atoms with van der Waals surface area (Å²) >= 11 is 0. The van der Waals surface area contributed by atoms with Crippen LogP contribution >= 0.6 is 0 Å². The van der Waals surface area contributed by atoms with Crippen molar-refractivity contribution >= 4 is 0 Å². The molecule has 1 aliphatic carbocycles. The van der Waals surface area contributed by atoms with Crippen LogP contribution in [0.1, 0.15) is 39.5 Å². The number of hydrogen-bond acceptors (Lipinski definition) is 3. The number of likely N-dealkylation sites (N-methyl/N-ethyl adjacent to an activating group) is 2. The number of nitrogens with zero attached hydrogens (tertiary/aromatic N) is 2. The minimum absolute atomic E-state index is 0.465. The van der Waals surface area contributed by atoms with Crippen LogP contribution in [-0.2, 0) is 0 Å². The lowest BCUT2D eigenvalue weighted by molar-refractivity contribution is 0.0282. The van der Waals surface area contributed by atoms with Crippen molar-refractivity contribution < 1.29 is 0 Å². The molecule has 0 heterocycles. The zero-order valence-electron chi connectivity index (χ0n) is 13.1. The second kappa shape index (κ2) is 7.46. The first-order chi connectivity index (χ1) is 8.46. The molecule has 1 saturated carbocycles. The highest BCUT2D eigenvalue weighted by Crippen LogP contribution is 2.36. The van der Waals surface area contributed by atoms with Gasteiger partial charge in [0.15, 0.2) is 0 Å². The van der Waals surface area contributed by atoms with E-state index in [2.05, 4.69) is 50.1 Å². The second-order valence-corrected chi connectivity index (χ2v) is 6.64. The first kappa shape index (κ1) is 15.9. The third-order valence-electron chi connectivity index (χ3n) is 4.37. The molecule has 3 nitrogen and oxygen atoms in total. The molecule has 0 aromatic heterocycles. The van der Waals surface area contributed by atoms with Gasteiger partial charge in [0, 0.05) is 25.2 Å². The topological polar surface area (TPSA) is 18.5 Å². The van der Waals surface area contributed by atoms with Crippen LogP contribution in [0, 0.1) is 5.92 Å². The zero-order valence-corrected chi connectivity index (χ0v) is 13.1. The van der Waals surface area contributed by atoms with E-state index in [0.29, 0.717) is 5.54 Å². The van der Waals surface area contributed by atoms with E-state index in [-0.39, 0.29) is 0 Å². The van der Waals surface area contributed by atoms with Gasteiger partial charge in [-0.3, -0.25) is 0 Å². The Morgan fingerprint density at radius 3 is 2.22 bits per heavy atom. The largest absolute Gasteiger partial charge is 0.315 e. The summed E-state index contributed by atoms with van der Waals surface area (Å²) in [5, 5.41) is 3.54. The van der Waals surface area contributed by atoms with Gasteiger partial charge in [-0.05, 0) is 59.3 Å². The highest BCUT2D eigenvalue weighted by molar-refractivity contribution is 4.97. The monoisotopic (exact) mass is 255 g/mol. The molecule has 0 amide bonds. The lowest BCUT2D eigenvalue weighted by Crippen LogP contribution is -2.57. The van der Waals surface area contributed by atoms with Crippen molar-refractivity contribution in [1.29, 1.82) is 0 Å². The van der Waals surface area contributed by atoms with E-state index < -0.39 is 0 Å². The van der Waals surface area contributed by atoms with Crippen LogP contribution in [0.4, 0.5) is 0 Å². The molecule has 0 spiro atoms. The average Bonchev–Trinajstić information content (AvgIpc) is 2.22. The molecule has 0 atom stereocenters. The van der Waals surface area contributed by atoms with E-state index >= 15 is 0 Å². The molecule has 1 fully saturated rings. The van der Waals surface area contributed by atoms with Gasteiger partial charge in [0.2, 0.25) is 0 Å². The van der Waals surface area contributed by atoms with Gasteiger partial charge < -0.3 is 15.1 Å². The Labute approximate surface area is 114 Å². The number of rotatable bonds is 9. The van der Waals surface area contributed by atoms with Crippen molar-refractivity contribution in [3.05, 3.63) is 0 Å². The molecule has 1 N–H and O–H groups in total. The smallest absolute Gasteiger partial charge is 0.0330 e. The fourth-order valence-electron chi connectivity index (χ4n) is 2.70. The van der Waals surface area contributed by atoms with E-state index in [1.165, 1.54) is 32.2 Å². The normalized spacial score (nSPS) is 18.7. The summed E-state index contributed by atoms with van der Waals surface area (Å²) in [4.78, 5) is 4.92. The Balaban J connectivity index is 2.11. The molecular weight excluding hydrogens is 222 g/mol. The van der Waals surface area contributed by atoms with Crippen molar-refractivity contribution in [2.24, 2.45) is 5.92 Å². The maximum atomic E-state index is 3.54. The van der Waals surface area contributed by atoms with Crippen LogP contribution in [0.5, 0.6) is 0 Å². The molecule has 0 unspecified atom stereocenters. The van der Waals surface area contributed by atoms with Gasteiger partial charge >= 0.3 is 0 Å². The van der Waals surface area contributed by atoms with E-state index in [9.17, 15) is 0 Å². The molecule has 0 radical (unpaired) electrons. The quantitative estimate of drug-likeness (QED) is 0.636. The molecule has 18 heavy (non-hydrogen) atoms. The van der Waals surface area contributed by atoms with Crippen LogP contribution in [0.25, 0.3) is 0 Å². The molecule has 0 aromatic rings. The molecule has 3 heteroatoms. The van der Waals surface area contributed by atoms with Crippen LogP contribution in [0.3, 0.4) is 0 Å². The number of nitrogens with one attached hydrogen (secondary N) is 1. The Morgan fingerprint density at radius 1 is 1.11 bits per heavy atom. The second-order valence-electron chi connectivity index (χ2n) is 6.64. The summed E-state index contributed by atoms with van der Waals surface area (Å²) in [6, 6.07) is 0. The standard InChI is InChI=1S/C15H33N3/c1-14(2)7-10-16-11-12-18(5)13-15(17(3)4)8-6-9-15/h14,16H,6-13H2,1-5H3. The van der Waals surface area contributed by atoms with Crippen LogP contribution < -0.4 is 5.32 Å². The summed E-state index contributed by atoms with van der Waals surface area (Å²) in [7, 11) is 6.72. The van der Waals surface area contributed by atoms with E-state index in [1.807, 2.05) is 0 Å². The molecule has 1 rings (SSSR count). The Hall–Kier alpha value is -0.120. The molecule has 108 valence electrons. The van der Waals surface area contributed by atoms with Gasteiger partial charge in [-0.25, -0.2) is 0 Å². The van der Waals surface area contributed by atoms with Crippen molar-refractivity contribution in [1.82, 2.24) is 15.1 Å². The molecule has 0 aliphatic heterocycles. The average molecular weight is 255 g/mol. The van der Waals surface area contributed by atoms with E-state index in [1.54, 1.807) is 0 Å². The van der Waals surface area contributed by atoms with Crippen molar-refractivity contribution in [2.75, 3.05) is 47.3 Å². The van der Waals surface area contributed by atoms with Crippen LogP contribution in [0.15, 0.2) is 0 Å². The van der Waals surface area contributed by atoms with Gasteiger partial charge in [-0.15, -0.1) is 0 Å². The van der Waals surface area contributed by atoms with E-state index in [4.69, 9.17) is 0 Å². The summed E-state index contributed by atoms with van der Waals surface area (Å²) in [6.45, 7) is 9.22. The fraction of sp³-hybridized carbons (Fsp3) is 1.00. The van der Waals surface area contributed by atoms with Gasteiger partial charge in [0.1, 0.15) is 0 Å². The van der Waals surface area contributed by atoms with Crippen LogP contribution in [-0.4, -0.2) is 62.7 Å². The predicted octanol–water partition coefficient (Wildman–Crippen LogP) is 2.04. The zero-order chi connectivity index (χ0) is 13.6. The van der Waals surface area contributed by atoms with Crippen LogP contribution in [0.2, 0.25) is 0 Å². The lowest BCUT2D eigenvalue weighted by Gasteiger charge is -2.49. The van der Waals surface area contributed by atoms with Gasteiger partial charge in [-0.1, -0.05) is 13.8 Å². The lowest BCUT2D eigenvalue weighted by atomic mass is 9.75. The third kappa shape index (κ3) is 4.87. The molecule has 0 bridgehead atoms. The van der Waals surface area contributed by atoms with Crippen molar-refractivity contribution in [2.45, 2.75) is 45.1 Å². The predicted molar refractivity (Wildman–Crippen MR) is 80.1 cm³/mol. The molecular formula is C15H33N3. The maximum Gasteiger partial charge on any atom is 0.0330 e. The first-order valence-corrected chi connectivity index (χ1v) is 7.53. The van der Waals surface area contributed by atoms with E-state index in [0.717, 1.165) is 25.6 Å². The summed E-state index contributed by atoms with van der Waals surface area (Å²) in [5.74, 6) is 0.808. The molecule has 1 aliphatic rings. The summed E-state index contributed by atoms with van der Waals surface area (Å²) < 4.78 is 0. The fourth-order valence-corrected chi connectivity index (χ4v) is 2.70. The molecule has 0 saturated heterocycles. The third-order valence-corrected chi connectivity index (χ3v) is 4.37. The highest BCUT2D eigenvalue weighted by atomic mass is 15.2. The minimum atomic E-state index is 0.465. The summed E-state index contributed by atoms with van der Waals surface area (Å²) in [5.41, 5.74) is 0.465. The highest BCUT2D eigenvalue weighted by Gasteiger charge is 2.39. The van der Waals surface area contributed by atoms with Gasteiger partial charge in [-0.2, -0.15) is 0 Å². The van der Waals surface area contributed by atoms with Crippen molar-refractivity contribution in [3.63, 3.8) is 0 Å². The Morgan fingerprint density at radius 2 is 1.78 bits per heavy atom. The number of hydrogen-bond donors (Lipinski definition) is 1. The maximum absolute atomic E-state index is 3.54. The first-order valence-electron chi connectivity index (χ1n) is 7.53. The minimum Gasteiger partial charge on any atom is -0.315 e. The van der Waals surface area contributed by atoms with Crippen molar-refractivity contribution in [3.8, 4) is 0 Å². The Bertz CT molecular complexity index is 222. The van der Waals surface area contributed by atoms with Gasteiger partial charge in [0.25, 0.3) is 0 Å². The molecule has 0 aromatic carbocycles.